The minimum absolute atomic E-state index is 1.89. The lowest BCUT2D eigenvalue weighted by atomic mass is 10.4. The zero-order chi connectivity index (χ0) is 8.58. The summed E-state index contributed by atoms with van der Waals surface area (Å²) in [5.74, 6) is 0. The van der Waals surface area contributed by atoms with Gasteiger partial charge in [-0.05, 0) is 0 Å². The third kappa shape index (κ3) is 3.91. The van der Waals surface area contributed by atoms with E-state index in [0.717, 1.165) is 0 Å². The van der Waals surface area contributed by atoms with Crippen LogP contribution in [0.25, 0.3) is 0 Å². The minimum Gasteiger partial charge on any atom is -0.224 e. The van der Waals surface area contributed by atoms with Gasteiger partial charge in [-0.2, -0.15) is 0 Å². The van der Waals surface area contributed by atoms with Crippen molar-refractivity contribution in [1.29, 1.82) is 0 Å². The third-order valence-corrected chi connectivity index (χ3v) is 1.78. The second-order valence-corrected chi connectivity index (χ2v) is 6.20. The molecule has 0 unspecified atom stereocenters. The van der Waals surface area contributed by atoms with Crippen LogP contribution in [0.5, 0.6) is 0 Å². The van der Waals surface area contributed by atoms with Gasteiger partial charge in [0.15, 0.2) is 6.10 Å². The van der Waals surface area contributed by atoms with Gasteiger partial charge in [0, 0.05) is 0 Å². The van der Waals surface area contributed by atoms with Crippen LogP contribution >= 0.6 is 69.6 Å². The van der Waals surface area contributed by atoms with E-state index >= 15 is 0 Å². The third-order valence-electron chi connectivity index (χ3n) is 0.595. The zero-order valence-electron chi connectivity index (χ0n) is 4.25. The van der Waals surface area contributed by atoms with Gasteiger partial charge in [-0.1, -0.05) is 69.6 Å². The van der Waals surface area contributed by atoms with Crippen molar-refractivity contribution in [2.45, 2.75) is 13.7 Å². The molecule has 10 heavy (non-hydrogen) atoms. The Morgan fingerprint density at radius 2 is 1.00 bits per heavy atom. The van der Waals surface area contributed by atoms with Crippen molar-refractivity contribution in [3.63, 3.8) is 0 Å². The molecule has 0 rings (SSSR count). The molecule has 61 valence electrons. The first kappa shape index (κ1) is 11.7. The standard InChI is InChI=1S/C3HCl6O/c4-2(5,6)1(10)3(7,8)9/h1H. The first-order valence-corrected chi connectivity index (χ1v) is 4.21. The molecule has 0 bridgehead atoms. The minimum atomic E-state index is -2.09. The fourth-order valence-corrected chi connectivity index (χ4v) is 1.67. The molecule has 1 nitrogen and oxygen atoms in total. The highest BCUT2D eigenvalue weighted by molar-refractivity contribution is 6.73. The zero-order valence-corrected chi connectivity index (χ0v) is 8.79. The normalized spacial score (nSPS) is 14.4. The van der Waals surface area contributed by atoms with E-state index in [1.165, 1.54) is 0 Å². The van der Waals surface area contributed by atoms with Crippen molar-refractivity contribution in [3.8, 4) is 0 Å². The van der Waals surface area contributed by atoms with Gasteiger partial charge in [-0.25, -0.2) is 5.11 Å². The lowest BCUT2D eigenvalue weighted by Crippen LogP contribution is -2.36. The topological polar surface area (TPSA) is 19.9 Å². The van der Waals surface area contributed by atoms with Crippen LogP contribution in [0.15, 0.2) is 0 Å². The summed E-state index contributed by atoms with van der Waals surface area (Å²) in [4.78, 5) is 0. The van der Waals surface area contributed by atoms with Gasteiger partial charge in [0.05, 0.1) is 0 Å². The Morgan fingerprint density at radius 3 is 1.00 bits per heavy atom. The molecule has 0 aromatic heterocycles. The van der Waals surface area contributed by atoms with Crippen molar-refractivity contribution in [2.24, 2.45) is 0 Å². The van der Waals surface area contributed by atoms with Crippen molar-refractivity contribution < 1.29 is 5.11 Å². The Hall–Kier alpha value is 1.70. The Morgan fingerprint density at radius 1 is 0.800 bits per heavy atom. The molecule has 0 aliphatic carbocycles. The molecule has 0 fully saturated rings. The van der Waals surface area contributed by atoms with E-state index < -0.39 is 13.7 Å². The first-order chi connectivity index (χ1) is 4.15. The second-order valence-electron chi connectivity index (χ2n) is 1.46. The average molecular weight is 266 g/mol. The maximum atomic E-state index is 10.8. The molecule has 0 aromatic rings. The van der Waals surface area contributed by atoms with E-state index in [2.05, 4.69) is 0 Å². The van der Waals surface area contributed by atoms with Crippen molar-refractivity contribution in [2.75, 3.05) is 0 Å². The first-order valence-electron chi connectivity index (χ1n) is 1.95. The Bertz CT molecular complexity index is 97.1. The van der Waals surface area contributed by atoms with E-state index in [9.17, 15) is 5.11 Å². The molecule has 0 N–H and O–H groups in total. The van der Waals surface area contributed by atoms with Crippen LogP contribution in [0.1, 0.15) is 0 Å². The summed E-state index contributed by atoms with van der Waals surface area (Å²) >= 11 is 30.8. The predicted molar refractivity (Wildman–Crippen MR) is 45.1 cm³/mol. The summed E-state index contributed by atoms with van der Waals surface area (Å²) in [6.07, 6.45) is -1.89. The Labute approximate surface area is 88.1 Å². The molecule has 0 atom stereocenters. The summed E-state index contributed by atoms with van der Waals surface area (Å²) in [6.45, 7) is 0. The Kier molecular flexibility index (Phi) is 4.22. The van der Waals surface area contributed by atoms with Gasteiger partial charge in [0.2, 0.25) is 7.59 Å². The molecule has 0 aliphatic heterocycles. The molecule has 1 radical (unpaired) electrons. The van der Waals surface area contributed by atoms with E-state index in [4.69, 9.17) is 69.6 Å². The molecular formula is C3HCl6O. The van der Waals surface area contributed by atoms with Gasteiger partial charge in [0.1, 0.15) is 0 Å². The maximum absolute atomic E-state index is 10.8. The summed E-state index contributed by atoms with van der Waals surface area (Å²) in [7, 11) is 0. The molecule has 0 saturated carbocycles. The monoisotopic (exact) mass is 263 g/mol. The largest absolute Gasteiger partial charge is 0.224 e. The number of halogens is 6. The lowest BCUT2D eigenvalue weighted by molar-refractivity contribution is 0.0956. The predicted octanol–water partition coefficient (Wildman–Crippen LogP) is 3.53. The van der Waals surface area contributed by atoms with Gasteiger partial charge in [-0.15, -0.1) is 0 Å². The van der Waals surface area contributed by atoms with Gasteiger partial charge >= 0.3 is 0 Å². The number of hydrogen-bond acceptors (Lipinski definition) is 0. The van der Waals surface area contributed by atoms with Gasteiger partial charge in [-0.3, -0.25) is 0 Å². The Balaban J connectivity index is 4.23. The second kappa shape index (κ2) is 3.61. The lowest BCUT2D eigenvalue weighted by Gasteiger charge is -2.22. The van der Waals surface area contributed by atoms with E-state index in [1.54, 1.807) is 0 Å². The van der Waals surface area contributed by atoms with Crippen LogP contribution in [0.3, 0.4) is 0 Å². The van der Waals surface area contributed by atoms with E-state index in [0.29, 0.717) is 0 Å². The quantitative estimate of drug-likeness (QED) is 0.597. The number of alkyl halides is 6. The molecule has 0 aromatic carbocycles. The molecule has 0 saturated heterocycles. The average Bonchev–Trinajstić information content (AvgIpc) is 1.59. The van der Waals surface area contributed by atoms with Crippen LogP contribution in [0, 0.1) is 0 Å². The van der Waals surface area contributed by atoms with Crippen molar-refractivity contribution >= 4 is 69.6 Å². The molecule has 0 heterocycles. The van der Waals surface area contributed by atoms with Crippen LogP contribution in [-0.4, -0.2) is 13.7 Å². The fraction of sp³-hybridized carbons (Fsp3) is 1.00. The van der Waals surface area contributed by atoms with Gasteiger partial charge < -0.3 is 0 Å². The highest BCUT2D eigenvalue weighted by Gasteiger charge is 2.46. The van der Waals surface area contributed by atoms with Crippen molar-refractivity contribution in [1.82, 2.24) is 0 Å². The summed E-state index contributed by atoms with van der Waals surface area (Å²) < 4.78 is -4.18. The summed E-state index contributed by atoms with van der Waals surface area (Å²) in [6, 6.07) is 0. The van der Waals surface area contributed by atoms with Crippen LogP contribution < -0.4 is 0 Å². The molecule has 0 aliphatic rings. The fourth-order valence-electron chi connectivity index (χ4n) is 0.186. The number of hydrogen-bond donors (Lipinski definition) is 0. The van der Waals surface area contributed by atoms with Crippen LogP contribution in [-0.2, 0) is 5.11 Å². The smallest absolute Gasteiger partial charge is 0.223 e. The molecule has 0 amide bonds. The summed E-state index contributed by atoms with van der Waals surface area (Å²) in [5, 5.41) is 10.8. The molecule has 0 spiro atoms. The van der Waals surface area contributed by atoms with Crippen LogP contribution in [0.2, 0.25) is 0 Å². The summed E-state index contributed by atoms with van der Waals surface area (Å²) in [5.41, 5.74) is 0. The van der Waals surface area contributed by atoms with E-state index in [1.807, 2.05) is 0 Å². The molecular weight excluding hydrogens is 265 g/mol. The maximum Gasteiger partial charge on any atom is 0.223 e. The van der Waals surface area contributed by atoms with Gasteiger partial charge in [0.25, 0.3) is 0 Å². The highest BCUT2D eigenvalue weighted by atomic mass is 35.6. The molecule has 7 heteroatoms. The van der Waals surface area contributed by atoms with Crippen LogP contribution in [0.4, 0.5) is 0 Å². The van der Waals surface area contributed by atoms with Crippen molar-refractivity contribution in [3.05, 3.63) is 0 Å². The van der Waals surface area contributed by atoms with E-state index in [-0.39, 0.29) is 0 Å². The number of rotatable bonds is 0. The highest BCUT2D eigenvalue weighted by Crippen LogP contribution is 2.43. The SMILES string of the molecule is [O]C(C(Cl)(Cl)Cl)C(Cl)(Cl)Cl.